The number of likely N-dealkylation sites (N-methyl/N-ethyl adjacent to an activating group) is 1. The second-order valence-electron chi connectivity index (χ2n) is 4.12. The van der Waals surface area contributed by atoms with Crippen LogP contribution in [-0.2, 0) is 16.7 Å². The summed E-state index contributed by atoms with van der Waals surface area (Å²) in [5.74, 6) is -1.30. The fourth-order valence-corrected chi connectivity index (χ4v) is 1.54. The van der Waals surface area contributed by atoms with Gasteiger partial charge >= 0.3 is 0 Å². The van der Waals surface area contributed by atoms with Gasteiger partial charge in [0.05, 0.1) is 12.7 Å². The van der Waals surface area contributed by atoms with Crippen molar-refractivity contribution in [3.63, 3.8) is 0 Å². The minimum Gasteiger partial charge on any atom is -0.340 e. The van der Waals surface area contributed by atoms with Gasteiger partial charge in [-0.3, -0.25) is 19.1 Å². The van der Waals surface area contributed by atoms with Crippen molar-refractivity contribution >= 4 is 11.8 Å². The first-order valence-electron chi connectivity index (χ1n) is 5.72. The van der Waals surface area contributed by atoms with Gasteiger partial charge in [-0.15, -0.1) is 0 Å². The number of aromatic nitrogens is 2. The van der Waals surface area contributed by atoms with E-state index in [1.165, 1.54) is 34.3 Å². The van der Waals surface area contributed by atoms with Crippen LogP contribution in [0, 0.1) is 0 Å². The Kier molecular flexibility index (Phi) is 5.14. The Morgan fingerprint density at radius 2 is 2.10 bits per heavy atom. The molecule has 0 aromatic carbocycles. The number of carbonyl (C=O) groups excluding carboxylic acids is 2. The normalized spacial score (nSPS) is 12.3. The Morgan fingerprint density at radius 3 is 2.60 bits per heavy atom. The molecule has 0 spiro atoms. The molecule has 0 aliphatic carbocycles. The van der Waals surface area contributed by atoms with Crippen LogP contribution in [0.1, 0.15) is 29.4 Å². The minimum absolute atomic E-state index is 0.262. The zero-order valence-electron chi connectivity index (χ0n) is 11.6. The summed E-state index contributed by atoms with van der Waals surface area (Å²) in [6.07, 6.45) is -1.70. The van der Waals surface area contributed by atoms with Gasteiger partial charge in [0, 0.05) is 20.3 Å². The maximum absolute atomic E-state index is 12.7. The molecule has 1 atom stereocenters. The Hall–Kier alpha value is -2.03. The highest BCUT2D eigenvalue weighted by molar-refractivity contribution is 5.98. The van der Waals surface area contributed by atoms with Crippen molar-refractivity contribution in [2.24, 2.45) is 7.05 Å². The Labute approximate surface area is 114 Å². The lowest BCUT2D eigenvalue weighted by molar-refractivity contribution is -0.170. The zero-order chi connectivity index (χ0) is 15.4. The second-order valence-corrected chi connectivity index (χ2v) is 4.12. The molecule has 2 amide bonds. The molecule has 1 aromatic rings. The summed E-state index contributed by atoms with van der Waals surface area (Å²) < 4.78 is 26.6. The molecule has 0 radical (unpaired) electrons. The van der Waals surface area contributed by atoms with E-state index < -0.39 is 30.0 Å². The predicted molar refractivity (Wildman–Crippen MR) is 64.9 cm³/mol. The van der Waals surface area contributed by atoms with Crippen LogP contribution >= 0.6 is 0 Å². The van der Waals surface area contributed by atoms with Crippen molar-refractivity contribution in [1.29, 1.82) is 0 Å². The molecule has 0 saturated heterocycles. The van der Waals surface area contributed by atoms with Crippen molar-refractivity contribution in [3.8, 4) is 0 Å². The predicted octanol–water partition coefficient (Wildman–Crippen LogP) is 0.496. The topological polar surface area (TPSA) is 76.5 Å². The van der Waals surface area contributed by atoms with Crippen LogP contribution < -0.4 is 5.32 Å². The van der Waals surface area contributed by atoms with E-state index in [9.17, 15) is 18.4 Å². The Balaban J connectivity index is 2.84. The van der Waals surface area contributed by atoms with E-state index in [0.29, 0.717) is 0 Å². The van der Waals surface area contributed by atoms with Gasteiger partial charge in [-0.25, -0.2) is 13.8 Å². The molecule has 1 N–H and O–H groups in total. The molecule has 7 nitrogen and oxygen atoms in total. The van der Waals surface area contributed by atoms with Crippen molar-refractivity contribution in [2.45, 2.75) is 19.4 Å². The van der Waals surface area contributed by atoms with Crippen molar-refractivity contribution in [3.05, 3.63) is 17.5 Å². The highest BCUT2D eigenvalue weighted by Crippen LogP contribution is 2.20. The van der Waals surface area contributed by atoms with Crippen LogP contribution in [0.3, 0.4) is 0 Å². The number of nitrogens with one attached hydrogen (secondary N) is 1. The van der Waals surface area contributed by atoms with Gasteiger partial charge < -0.3 is 5.32 Å². The molecule has 0 aliphatic rings. The lowest BCUT2D eigenvalue weighted by Crippen LogP contribution is -2.45. The number of aryl methyl sites for hydroxylation is 1. The van der Waals surface area contributed by atoms with E-state index in [2.05, 4.69) is 15.3 Å². The SMILES string of the molecule is CON(C)C(=O)[C@H](C)NC(=O)c1cn(C)nc1C(F)F. The molecular weight excluding hydrogens is 274 g/mol. The number of rotatable bonds is 5. The third-order valence-electron chi connectivity index (χ3n) is 2.61. The second kappa shape index (κ2) is 6.42. The van der Waals surface area contributed by atoms with Crippen molar-refractivity contribution < 1.29 is 23.2 Å². The van der Waals surface area contributed by atoms with Crippen LogP contribution in [0.4, 0.5) is 8.78 Å². The molecule has 0 saturated carbocycles. The quantitative estimate of drug-likeness (QED) is 0.801. The van der Waals surface area contributed by atoms with Crippen molar-refractivity contribution in [1.82, 2.24) is 20.2 Å². The number of carbonyl (C=O) groups is 2. The maximum atomic E-state index is 12.7. The highest BCUT2D eigenvalue weighted by Gasteiger charge is 2.26. The van der Waals surface area contributed by atoms with E-state index >= 15 is 0 Å². The number of amides is 2. The molecule has 0 aliphatic heterocycles. The third kappa shape index (κ3) is 3.50. The largest absolute Gasteiger partial charge is 0.340 e. The maximum Gasteiger partial charge on any atom is 0.282 e. The van der Waals surface area contributed by atoms with Crippen LogP contribution in [0.5, 0.6) is 0 Å². The summed E-state index contributed by atoms with van der Waals surface area (Å²) in [4.78, 5) is 28.3. The van der Waals surface area contributed by atoms with Gasteiger partial charge in [0.1, 0.15) is 11.7 Å². The average Bonchev–Trinajstić information content (AvgIpc) is 2.79. The summed E-state index contributed by atoms with van der Waals surface area (Å²) in [5, 5.41) is 6.78. The first kappa shape index (κ1) is 16.0. The smallest absolute Gasteiger partial charge is 0.282 e. The third-order valence-corrected chi connectivity index (χ3v) is 2.61. The Morgan fingerprint density at radius 1 is 1.50 bits per heavy atom. The van der Waals surface area contributed by atoms with E-state index in [4.69, 9.17) is 0 Å². The number of hydrogen-bond acceptors (Lipinski definition) is 4. The van der Waals surface area contributed by atoms with Gasteiger partial charge in [0.2, 0.25) is 0 Å². The molecule has 9 heteroatoms. The fraction of sp³-hybridized carbons (Fsp3) is 0.545. The van der Waals surface area contributed by atoms with Gasteiger partial charge in [0.25, 0.3) is 18.2 Å². The summed E-state index contributed by atoms with van der Waals surface area (Å²) in [5.41, 5.74) is -0.882. The monoisotopic (exact) mass is 290 g/mol. The zero-order valence-corrected chi connectivity index (χ0v) is 11.6. The molecule has 0 bridgehead atoms. The lowest BCUT2D eigenvalue weighted by Gasteiger charge is -2.19. The summed E-state index contributed by atoms with van der Waals surface area (Å²) in [7, 11) is 4.10. The van der Waals surface area contributed by atoms with Crippen LogP contribution in [0.2, 0.25) is 0 Å². The van der Waals surface area contributed by atoms with E-state index in [-0.39, 0.29) is 5.56 Å². The average molecular weight is 290 g/mol. The molecule has 1 heterocycles. The number of nitrogens with zero attached hydrogens (tertiary/aromatic N) is 3. The number of hydrogen-bond donors (Lipinski definition) is 1. The molecular formula is C11H16F2N4O3. The van der Waals surface area contributed by atoms with Crippen LogP contribution in [-0.4, -0.2) is 46.9 Å². The Bertz CT molecular complexity index is 504. The number of halogens is 2. The summed E-state index contributed by atoms with van der Waals surface area (Å²) >= 11 is 0. The van der Waals surface area contributed by atoms with E-state index in [1.54, 1.807) is 0 Å². The number of hydroxylamine groups is 2. The fourth-order valence-electron chi connectivity index (χ4n) is 1.54. The van der Waals surface area contributed by atoms with E-state index in [1.807, 2.05) is 0 Å². The summed E-state index contributed by atoms with van der Waals surface area (Å²) in [6, 6.07) is -0.918. The molecule has 20 heavy (non-hydrogen) atoms. The number of alkyl halides is 2. The molecule has 1 aromatic heterocycles. The molecule has 1 rings (SSSR count). The van der Waals surface area contributed by atoms with Gasteiger partial charge in [-0.1, -0.05) is 0 Å². The van der Waals surface area contributed by atoms with Gasteiger partial charge in [-0.05, 0) is 6.92 Å². The standard InChI is InChI=1S/C11H16F2N4O3/c1-6(11(19)17(3)20-4)14-10(18)7-5-16(2)15-8(7)9(12)13/h5-6,9H,1-4H3,(H,14,18)/t6-/m0/s1. The van der Waals surface area contributed by atoms with Crippen LogP contribution in [0.25, 0.3) is 0 Å². The minimum atomic E-state index is -2.87. The van der Waals surface area contributed by atoms with Crippen molar-refractivity contribution in [2.75, 3.05) is 14.2 Å². The van der Waals surface area contributed by atoms with Gasteiger partial charge in [-0.2, -0.15) is 5.10 Å². The summed E-state index contributed by atoms with van der Waals surface area (Å²) in [6.45, 7) is 1.42. The molecule has 112 valence electrons. The van der Waals surface area contributed by atoms with Gasteiger partial charge in [0.15, 0.2) is 0 Å². The molecule has 0 unspecified atom stereocenters. The highest BCUT2D eigenvalue weighted by atomic mass is 19.3. The molecule has 0 fully saturated rings. The first-order chi connectivity index (χ1) is 9.27. The first-order valence-corrected chi connectivity index (χ1v) is 5.72. The van der Waals surface area contributed by atoms with E-state index in [0.717, 1.165) is 9.75 Å². The lowest BCUT2D eigenvalue weighted by atomic mass is 10.2. The van der Waals surface area contributed by atoms with Crippen LogP contribution in [0.15, 0.2) is 6.20 Å².